The van der Waals surface area contributed by atoms with E-state index in [9.17, 15) is 13.2 Å². The summed E-state index contributed by atoms with van der Waals surface area (Å²) in [4.78, 5) is 0. The lowest BCUT2D eigenvalue weighted by molar-refractivity contribution is -0.136. The van der Waals surface area contributed by atoms with E-state index in [0.717, 1.165) is 18.9 Å². The first-order valence-corrected chi connectivity index (χ1v) is 4.70. The van der Waals surface area contributed by atoms with Crippen LogP contribution in [0.2, 0.25) is 0 Å². The van der Waals surface area contributed by atoms with Crippen molar-refractivity contribution in [1.82, 2.24) is 0 Å². The third-order valence-electron chi connectivity index (χ3n) is 2.29. The first-order valence-electron chi connectivity index (χ1n) is 4.70. The number of alkyl halides is 3. The Hall–Kier alpha value is -1.39. The second-order valence-corrected chi connectivity index (χ2v) is 3.72. The predicted molar refractivity (Wildman–Crippen MR) is 52.5 cm³/mol. The van der Waals surface area contributed by atoms with E-state index in [2.05, 4.69) is 5.32 Å². The summed E-state index contributed by atoms with van der Waals surface area (Å²) in [5.74, 6) is 0. The minimum Gasteiger partial charge on any atom is -0.399 e. The van der Waals surface area contributed by atoms with Crippen molar-refractivity contribution >= 4 is 11.4 Å². The molecule has 0 unspecified atom stereocenters. The van der Waals surface area contributed by atoms with Crippen LogP contribution in [0.15, 0.2) is 18.2 Å². The molecule has 0 aliphatic heterocycles. The summed E-state index contributed by atoms with van der Waals surface area (Å²) >= 11 is 0. The maximum atomic E-state index is 12.6. The Kier molecular flexibility index (Phi) is 2.25. The van der Waals surface area contributed by atoms with Gasteiger partial charge in [-0.1, -0.05) is 0 Å². The molecule has 1 aromatic carbocycles. The molecule has 2 nitrogen and oxygen atoms in total. The van der Waals surface area contributed by atoms with E-state index in [1.807, 2.05) is 0 Å². The fourth-order valence-electron chi connectivity index (χ4n) is 1.37. The normalized spacial score (nSPS) is 16.5. The van der Waals surface area contributed by atoms with Crippen molar-refractivity contribution in [2.75, 3.05) is 11.1 Å². The first-order chi connectivity index (χ1) is 6.97. The van der Waals surface area contributed by atoms with Gasteiger partial charge in [0.05, 0.1) is 5.56 Å². The average molecular weight is 216 g/mol. The average Bonchev–Trinajstić information content (AvgIpc) is 2.90. The van der Waals surface area contributed by atoms with Gasteiger partial charge in [-0.2, -0.15) is 13.2 Å². The Morgan fingerprint density at radius 1 is 1.27 bits per heavy atom. The van der Waals surface area contributed by atoms with Gasteiger partial charge in [0.25, 0.3) is 0 Å². The molecular weight excluding hydrogens is 205 g/mol. The van der Waals surface area contributed by atoms with Crippen LogP contribution in [0.5, 0.6) is 0 Å². The Morgan fingerprint density at radius 2 is 1.93 bits per heavy atom. The van der Waals surface area contributed by atoms with Crippen molar-refractivity contribution in [3.63, 3.8) is 0 Å². The topological polar surface area (TPSA) is 38.0 Å². The van der Waals surface area contributed by atoms with Gasteiger partial charge < -0.3 is 11.1 Å². The van der Waals surface area contributed by atoms with E-state index < -0.39 is 11.7 Å². The molecule has 0 aromatic heterocycles. The fraction of sp³-hybridized carbons (Fsp3) is 0.400. The fourth-order valence-corrected chi connectivity index (χ4v) is 1.37. The van der Waals surface area contributed by atoms with Crippen molar-refractivity contribution in [1.29, 1.82) is 0 Å². The molecule has 0 radical (unpaired) electrons. The molecule has 1 aromatic rings. The van der Waals surface area contributed by atoms with Gasteiger partial charge in [0.2, 0.25) is 0 Å². The number of benzene rings is 1. The highest BCUT2D eigenvalue weighted by Crippen LogP contribution is 2.37. The molecule has 2 rings (SSSR count). The maximum absolute atomic E-state index is 12.6. The van der Waals surface area contributed by atoms with Crippen LogP contribution in [0.3, 0.4) is 0 Å². The minimum atomic E-state index is -4.35. The van der Waals surface area contributed by atoms with Crippen molar-refractivity contribution in [2.45, 2.75) is 25.1 Å². The van der Waals surface area contributed by atoms with E-state index in [0.29, 0.717) is 0 Å². The van der Waals surface area contributed by atoms with E-state index in [4.69, 9.17) is 5.73 Å². The van der Waals surface area contributed by atoms with Gasteiger partial charge in [0.15, 0.2) is 0 Å². The highest BCUT2D eigenvalue weighted by atomic mass is 19.4. The summed E-state index contributed by atoms with van der Waals surface area (Å²) in [5, 5.41) is 2.84. The van der Waals surface area contributed by atoms with Crippen LogP contribution in [-0.2, 0) is 6.18 Å². The number of hydrogen-bond donors (Lipinski definition) is 2. The van der Waals surface area contributed by atoms with Crippen LogP contribution in [-0.4, -0.2) is 6.04 Å². The molecule has 0 heterocycles. The van der Waals surface area contributed by atoms with Crippen molar-refractivity contribution in [2.24, 2.45) is 0 Å². The Labute approximate surface area is 85.3 Å². The molecule has 3 N–H and O–H groups in total. The molecule has 1 saturated carbocycles. The van der Waals surface area contributed by atoms with Crippen LogP contribution < -0.4 is 11.1 Å². The summed E-state index contributed by atoms with van der Waals surface area (Å²) in [5.41, 5.74) is 4.91. The smallest absolute Gasteiger partial charge is 0.399 e. The van der Waals surface area contributed by atoms with E-state index >= 15 is 0 Å². The number of hydrogen-bond acceptors (Lipinski definition) is 2. The summed E-state index contributed by atoms with van der Waals surface area (Å²) in [6.45, 7) is 0. The van der Waals surface area contributed by atoms with Crippen molar-refractivity contribution in [3.05, 3.63) is 23.8 Å². The summed E-state index contributed by atoms with van der Waals surface area (Å²) in [6, 6.07) is 4.01. The van der Waals surface area contributed by atoms with E-state index in [-0.39, 0.29) is 17.4 Å². The summed E-state index contributed by atoms with van der Waals surface area (Å²) in [7, 11) is 0. The Bertz CT molecular complexity index is 369. The zero-order chi connectivity index (χ0) is 11.1. The van der Waals surface area contributed by atoms with Gasteiger partial charge in [-0.15, -0.1) is 0 Å². The molecule has 82 valence electrons. The van der Waals surface area contributed by atoms with Gasteiger partial charge in [-0.25, -0.2) is 0 Å². The van der Waals surface area contributed by atoms with Crippen molar-refractivity contribution < 1.29 is 13.2 Å². The number of rotatable bonds is 2. The molecular formula is C10H11F3N2. The Balaban J connectivity index is 2.34. The number of anilines is 2. The van der Waals surface area contributed by atoms with Gasteiger partial charge in [-0.05, 0) is 31.0 Å². The van der Waals surface area contributed by atoms with Crippen LogP contribution in [0.25, 0.3) is 0 Å². The zero-order valence-corrected chi connectivity index (χ0v) is 7.93. The van der Waals surface area contributed by atoms with Gasteiger partial charge >= 0.3 is 6.18 Å². The molecule has 15 heavy (non-hydrogen) atoms. The second kappa shape index (κ2) is 3.32. The predicted octanol–water partition coefficient (Wildman–Crippen LogP) is 2.86. The molecule has 0 bridgehead atoms. The Morgan fingerprint density at radius 3 is 2.47 bits per heavy atom. The quantitative estimate of drug-likeness (QED) is 0.746. The SMILES string of the molecule is Nc1ccc(NC2CC2)c(C(F)(F)F)c1. The van der Waals surface area contributed by atoms with E-state index in [1.165, 1.54) is 12.1 Å². The molecule has 5 heteroatoms. The maximum Gasteiger partial charge on any atom is 0.418 e. The standard InChI is InChI=1S/C10H11F3N2/c11-10(12,13)8-5-6(14)1-4-9(8)15-7-2-3-7/h1,4-5,7,15H,2-3,14H2. The van der Waals surface area contributed by atoms with Crippen LogP contribution in [0, 0.1) is 0 Å². The van der Waals surface area contributed by atoms with E-state index in [1.54, 1.807) is 0 Å². The van der Waals surface area contributed by atoms with Gasteiger partial charge in [-0.3, -0.25) is 0 Å². The number of halogens is 3. The number of nitrogen functional groups attached to an aromatic ring is 1. The van der Waals surface area contributed by atoms with Crippen LogP contribution >= 0.6 is 0 Å². The van der Waals surface area contributed by atoms with Crippen LogP contribution in [0.4, 0.5) is 24.5 Å². The minimum absolute atomic E-state index is 0.124. The molecule has 1 aliphatic carbocycles. The highest BCUT2D eigenvalue weighted by Gasteiger charge is 2.35. The third-order valence-corrected chi connectivity index (χ3v) is 2.29. The molecule has 0 amide bonds. The monoisotopic (exact) mass is 216 g/mol. The lowest BCUT2D eigenvalue weighted by Gasteiger charge is -2.14. The van der Waals surface area contributed by atoms with Gasteiger partial charge in [0.1, 0.15) is 0 Å². The highest BCUT2D eigenvalue weighted by molar-refractivity contribution is 5.60. The van der Waals surface area contributed by atoms with Crippen molar-refractivity contribution in [3.8, 4) is 0 Å². The number of nitrogens with two attached hydrogens (primary N) is 1. The molecule has 0 atom stereocenters. The largest absolute Gasteiger partial charge is 0.418 e. The molecule has 1 fully saturated rings. The van der Waals surface area contributed by atoms with Gasteiger partial charge in [0, 0.05) is 17.4 Å². The third kappa shape index (κ3) is 2.34. The van der Waals surface area contributed by atoms with Crippen LogP contribution in [0.1, 0.15) is 18.4 Å². The zero-order valence-electron chi connectivity index (χ0n) is 7.93. The lowest BCUT2D eigenvalue weighted by Crippen LogP contribution is -2.12. The summed E-state index contributed by atoms with van der Waals surface area (Å²) in [6.07, 6.45) is -2.49. The number of nitrogens with one attached hydrogen (secondary N) is 1. The molecule has 0 saturated heterocycles. The lowest BCUT2D eigenvalue weighted by atomic mass is 10.1. The molecule has 1 aliphatic rings. The first kappa shape index (κ1) is 10.1. The molecule has 0 spiro atoms. The summed E-state index contributed by atoms with van der Waals surface area (Å²) < 4.78 is 37.8. The second-order valence-electron chi connectivity index (χ2n) is 3.72.